The summed E-state index contributed by atoms with van der Waals surface area (Å²) < 4.78 is 22.6. The molecule has 0 amide bonds. The number of hydrogen-bond donors (Lipinski definition) is 0. The number of halogens is 1. The molecule has 0 fully saturated rings. The van der Waals surface area contributed by atoms with Gasteiger partial charge < -0.3 is 0 Å². The number of aromatic nitrogens is 2. The Kier molecular flexibility index (Phi) is 3.07. The summed E-state index contributed by atoms with van der Waals surface area (Å²) in [5, 5.41) is 0. The molecule has 0 radical (unpaired) electrons. The highest BCUT2D eigenvalue weighted by molar-refractivity contribution is 8.13. The van der Waals surface area contributed by atoms with Crippen molar-refractivity contribution in [3.8, 4) is 0 Å². The lowest BCUT2D eigenvalue weighted by molar-refractivity contribution is 0.568. The Morgan fingerprint density at radius 2 is 1.83 bits per heavy atom. The van der Waals surface area contributed by atoms with Crippen molar-refractivity contribution in [2.45, 2.75) is 31.1 Å². The fraction of sp³-hybridized carbons (Fsp3) is 0.333. The summed E-state index contributed by atoms with van der Waals surface area (Å²) >= 11 is 0. The van der Waals surface area contributed by atoms with E-state index in [1.807, 2.05) is 20.8 Å². The van der Waals surface area contributed by atoms with Crippen molar-refractivity contribution in [2.24, 2.45) is 0 Å². The summed E-state index contributed by atoms with van der Waals surface area (Å²) in [6, 6.07) is 4.47. The molecule has 0 aliphatic heterocycles. The summed E-state index contributed by atoms with van der Waals surface area (Å²) in [7, 11) is 1.57. The molecule has 0 spiro atoms. The molecular weight excluding hydrogens is 272 g/mol. The van der Waals surface area contributed by atoms with Crippen LogP contribution in [0.4, 0.5) is 0 Å². The zero-order valence-corrected chi connectivity index (χ0v) is 11.9. The predicted molar refractivity (Wildman–Crippen MR) is 71.3 cm³/mol. The quantitative estimate of drug-likeness (QED) is 0.756. The summed E-state index contributed by atoms with van der Waals surface area (Å²) in [5.74, 6) is 0. The first-order chi connectivity index (χ1) is 8.18. The molecular formula is C12H13ClN2O2S. The zero-order valence-electron chi connectivity index (χ0n) is 10.3. The third-order valence-electron chi connectivity index (χ3n) is 2.56. The van der Waals surface area contributed by atoms with E-state index in [2.05, 4.69) is 9.97 Å². The van der Waals surface area contributed by atoms with Crippen LogP contribution in [-0.2, 0) is 14.5 Å². The molecule has 18 heavy (non-hydrogen) atoms. The average molecular weight is 285 g/mol. The number of hydrogen-bond acceptors (Lipinski definition) is 4. The van der Waals surface area contributed by atoms with E-state index in [1.54, 1.807) is 12.3 Å². The molecule has 2 aromatic rings. The molecule has 4 nitrogen and oxygen atoms in total. The van der Waals surface area contributed by atoms with Crippen LogP contribution in [-0.4, -0.2) is 18.4 Å². The van der Waals surface area contributed by atoms with Crippen LogP contribution in [0.5, 0.6) is 0 Å². The Morgan fingerprint density at radius 3 is 2.39 bits per heavy atom. The van der Waals surface area contributed by atoms with Crippen LogP contribution >= 0.6 is 10.7 Å². The maximum atomic E-state index is 11.3. The van der Waals surface area contributed by atoms with Gasteiger partial charge in [0, 0.05) is 22.3 Å². The Bertz CT molecular complexity index is 706. The van der Waals surface area contributed by atoms with E-state index in [1.165, 1.54) is 12.1 Å². The highest BCUT2D eigenvalue weighted by atomic mass is 35.7. The molecule has 2 rings (SSSR count). The van der Waals surface area contributed by atoms with Crippen molar-refractivity contribution in [3.05, 3.63) is 30.1 Å². The van der Waals surface area contributed by atoms with E-state index in [0.29, 0.717) is 11.0 Å². The molecule has 0 aliphatic rings. The van der Waals surface area contributed by atoms with Gasteiger partial charge in [-0.1, -0.05) is 20.8 Å². The maximum Gasteiger partial charge on any atom is 0.261 e. The van der Waals surface area contributed by atoms with Crippen LogP contribution in [0.2, 0.25) is 0 Å². The van der Waals surface area contributed by atoms with Gasteiger partial charge in [-0.15, -0.1) is 0 Å². The van der Waals surface area contributed by atoms with Gasteiger partial charge in [-0.2, -0.15) is 0 Å². The van der Waals surface area contributed by atoms with Crippen molar-refractivity contribution >= 4 is 30.8 Å². The third kappa shape index (κ3) is 2.62. The predicted octanol–water partition coefficient (Wildman–Crippen LogP) is 2.85. The second-order valence-corrected chi connectivity index (χ2v) is 7.66. The van der Waals surface area contributed by atoms with Crippen LogP contribution in [0.3, 0.4) is 0 Å². The van der Waals surface area contributed by atoms with Gasteiger partial charge >= 0.3 is 0 Å². The molecule has 0 bridgehead atoms. The largest absolute Gasteiger partial charge is 0.261 e. The number of rotatable bonds is 1. The van der Waals surface area contributed by atoms with Crippen molar-refractivity contribution < 1.29 is 8.42 Å². The van der Waals surface area contributed by atoms with Crippen LogP contribution < -0.4 is 0 Å². The number of nitrogens with zero attached hydrogens (tertiary/aromatic N) is 2. The fourth-order valence-electron chi connectivity index (χ4n) is 1.50. The molecule has 0 N–H and O–H groups in total. The van der Waals surface area contributed by atoms with Gasteiger partial charge in [-0.25, -0.2) is 13.4 Å². The lowest BCUT2D eigenvalue weighted by Gasteiger charge is -2.17. The van der Waals surface area contributed by atoms with Crippen LogP contribution in [0.1, 0.15) is 26.5 Å². The van der Waals surface area contributed by atoms with E-state index < -0.39 is 9.05 Å². The Hall–Kier alpha value is -1.20. The molecule has 0 saturated carbocycles. The topological polar surface area (TPSA) is 59.9 Å². The average Bonchev–Trinajstić information content (AvgIpc) is 2.25. The van der Waals surface area contributed by atoms with Gasteiger partial charge in [0.15, 0.2) is 0 Å². The molecule has 1 aromatic carbocycles. The SMILES string of the molecule is CC(C)(C)c1cnc2ccc(S(=O)(=O)Cl)cc2n1. The number of fused-ring (bicyclic) bond motifs is 1. The normalized spacial score (nSPS) is 12.9. The molecule has 96 valence electrons. The lowest BCUT2D eigenvalue weighted by Crippen LogP contribution is -2.14. The Balaban J connectivity index is 2.68. The first-order valence-electron chi connectivity index (χ1n) is 5.40. The standard InChI is InChI=1S/C12H13ClN2O2S/c1-12(2,3)11-7-14-9-5-4-8(18(13,16)17)6-10(9)15-11/h4-7H,1-3H3. The smallest absolute Gasteiger partial charge is 0.253 e. The van der Waals surface area contributed by atoms with Crippen molar-refractivity contribution in [3.63, 3.8) is 0 Å². The first kappa shape index (κ1) is 13.2. The van der Waals surface area contributed by atoms with Gasteiger partial charge in [-0.05, 0) is 18.2 Å². The van der Waals surface area contributed by atoms with E-state index in [-0.39, 0.29) is 10.3 Å². The van der Waals surface area contributed by atoms with Crippen LogP contribution in [0.15, 0.2) is 29.3 Å². The van der Waals surface area contributed by atoms with E-state index in [0.717, 1.165) is 5.69 Å². The second-order valence-electron chi connectivity index (χ2n) is 5.09. The fourth-order valence-corrected chi connectivity index (χ4v) is 2.28. The van der Waals surface area contributed by atoms with Gasteiger partial charge in [0.2, 0.25) is 0 Å². The monoisotopic (exact) mass is 284 g/mol. The molecule has 6 heteroatoms. The Labute approximate surface area is 110 Å². The number of benzene rings is 1. The Morgan fingerprint density at radius 1 is 1.17 bits per heavy atom. The van der Waals surface area contributed by atoms with E-state index in [9.17, 15) is 8.42 Å². The molecule has 0 saturated heterocycles. The summed E-state index contributed by atoms with van der Waals surface area (Å²) in [5.41, 5.74) is 1.84. The van der Waals surface area contributed by atoms with Crippen molar-refractivity contribution in [2.75, 3.05) is 0 Å². The lowest BCUT2D eigenvalue weighted by atomic mass is 9.92. The third-order valence-corrected chi connectivity index (χ3v) is 3.92. The second kappa shape index (κ2) is 4.17. The van der Waals surface area contributed by atoms with Crippen LogP contribution in [0, 0.1) is 0 Å². The van der Waals surface area contributed by atoms with Crippen molar-refractivity contribution in [1.82, 2.24) is 9.97 Å². The minimum absolute atomic E-state index is 0.0389. The highest BCUT2D eigenvalue weighted by Gasteiger charge is 2.17. The van der Waals surface area contributed by atoms with Gasteiger partial charge in [0.05, 0.1) is 21.6 Å². The van der Waals surface area contributed by atoms with Gasteiger partial charge in [-0.3, -0.25) is 4.98 Å². The van der Waals surface area contributed by atoms with E-state index in [4.69, 9.17) is 10.7 Å². The summed E-state index contributed by atoms with van der Waals surface area (Å²) in [4.78, 5) is 8.74. The van der Waals surface area contributed by atoms with Crippen LogP contribution in [0.25, 0.3) is 11.0 Å². The minimum Gasteiger partial charge on any atom is -0.253 e. The zero-order chi connectivity index (χ0) is 13.6. The van der Waals surface area contributed by atoms with Crippen molar-refractivity contribution in [1.29, 1.82) is 0 Å². The minimum atomic E-state index is -3.74. The molecule has 0 aliphatic carbocycles. The summed E-state index contributed by atoms with van der Waals surface area (Å²) in [6.07, 6.45) is 1.71. The van der Waals surface area contributed by atoms with Gasteiger partial charge in [0.1, 0.15) is 0 Å². The maximum absolute atomic E-state index is 11.3. The summed E-state index contributed by atoms with van der Waals surface area (Å²) in [6.45, 7) is 6.06. The van der Waals surface area contributed by atoms with Gasteiger partial charge in [0.25, 0.3) is 9.05 Å². The molecule has 1 aromatic heterocycles. The molecule has 0 atom stereocenters. The first-order valence-corrected chi connectivity index (χ1v) is 7.71. The molecule has 0 unspecified atom stereocenters. The molecule has 1 heterocycles. The highest BCUT2D eigenvalue weighted by Crippen LogP contribution is 2.23. The van der Waals surface area contributed by atoms with E-state index >= 15 is 0 Å².